The van der Waals surface area contributed by atoms with Crippen LogP contribution in [0.5, 0.6) is 5.75 Å². The molecule has 106 valence electrons. The molecule has 1 rings (SSSR count). The van der Waals surface area contributed by atoms with Gasteiger partial charge in [-0.25, -0.2) is 4.79 Å². The van der Waals surface area contributed by atoms with Crippen molar-refractivity contribution in [1.29, 1.82) is 0 Å². The van der Waals surface area contributed by atoms with E-state index < -0.39 is 5.60 Å². The first-order valence-electron chi connectivity index (χ1n) is 6.94. The number of esters is 1. The van der Waals surface area contributed by atoms with Crippen LogP contribution in [0.15, 0.2) is 24.3 Å². The lowest BCUT2D eigenvalue weighted by molar-refractivity contribution is -0.158. The minimum absolute atomic E-state index is 0.339. The first kappa shape index (κ1) is 15.5. The molecule has 1 aromatic rings. The Balaban J connectivity index is 2.72. The standard InChI is InChI=1S/C16H24O3/c1-5-7-9-13-10-8-11-14(12-13)19-16(3,4)15(17)18-6-2/h8,10-12H,5-7,9H2,1-4H3. The van der Waals surface area contributed by atoms with Gasteiger partial charge in [-0.2, -0.15) is 0 Å². The Kier molecular flexibility index (Phi) is 5.87. The molecule has 0 aliphatic carbocycles. The van der Waals surface area contributed by atoms with Crippen LogP contribution < -0.4 is 4.74 Å². The van der Waals surface area contributed by atoms with E-state index in [1.165, 1.54) is 12.0 Å². The number of hydrogen-bond donors (Lipinski definition) is 0. The van der Waals surface area contributed by atoms with E-state index in [-0.39, 0.29) is 5.97 Å². The average Bonchev–Trinajstić information content (AvgIpc) is 2.36. The maximum absolute atomic E-state index is 11.8. The van der Waals surface area contributed by atoms with E-state index in [0.717, 1.165) is 12.8 Å². The Hall–Kier alpha value is -1.51. The molecule has 3 nitrogen and oxygen atoms in total. The van der Waals surface area contributed by atoms with E-state index in [0.29, 0.717) is 12.4 Å². The zero-order valence-corrected chi connectivity index (χ0v) is 12.4. The van der Waals surface area contributed by atoms with Crippen molar-refractivity contribution in [2.24, 2.45) is 0 Å². The Morgan fingerprint density at radius 1 is 1.26 bits per heavy atom. The Labute approximate surface area is 115 Å². The van der Waals surface area contributed by atoms with Gasteiger partial charge in [0.2, 0.25) is 0 Å². The number of rotatable bonds is 7. The SMILES string of the molecule is CCCCc1cccc(OC(C)(C)C(=O)OCC)c1. The van der Waals surface area contributed by atoms with Gasteiger partial charge >= 0.3 is 5.97 Å². The molecule has 0 saturated heterocycles. The van der Waals surface area contributed by atoms with Crippen LogP contribution >= 0.6 is 0 Å². The van der Waals surface area contributed by atoms with Crippen LogP contribution in [0.1, 0.15) is 46.1 Å². The quantitative estimate of drug-likeness (QED) is 0.704. The molecule has 0 aliphatic rings. The highest BCUT2D eigenvalue weighted by Gasteiger charge is 2.31. The van der Waals surface area contributed by atoms with Gasteiger partial charge in [0.25, 0.3) is 0 Å². The van der Waals surface area contributed by atoms with Gasteiger partial charge in [0.1, 0.15) is 5.75 Å². The molecule has 1 aromatic carbocycles. The fourth-order valence-corrected chi connectivity index (χ4v) is 1.79. The zero-order valence-electron chi connectivity index (χ0n) is 12.4. The number of carbonyl (C=O) groups excluding carboxylic acids is 1. The summed E-state index contributed by atoms with van der Waals surface area (Å²) in [5, 5.41) is 0. The molecule has 0 bridgehead atoms. The predicted octanol–water partition coefficient (Wildman–Crippen LogP) is 3.75. The smallest absolute Gasteiger partial charge is 0.349 e. The zero-order chi connectivity index (χ0) is 14.3. The van der Waals surface area contributed by atoms with Gasteiger partial charge in [0.15, 0.2) is 5.60 Å². The van der Waals surface area contributed by atoms with E-state index in [2.05, 4.69) is 13.0 Å². The van der Waals surface area contributed by atoms with Gasteiger partial charge in [-0.15, -0.1) is 0 Å². The molecule has 3 heteroatoms. The average molecular weight is 264 g/mol. The minimum atomic E-state index is -0.959. The highest BCUT2D eigenvalue weighted by molar-refractivity contribution is 5.79. The normalized spacial score (nSPS) is 11.2. The lowest BCUT2D eigenvalue weighted by Crippen LogP contribution is -2.39. The lowest BCUT2D eigenvalue weighted by Gasteiger charge is -2.24. The molecule has 0 N–H and O–H groups in total. The Morgan fingerprint density at radius 2 is 2.00 bits per heavy atom. The van der Waals surface area contributed by atoms with Gasteiger partial charge in [0, 0.05) is 0 Å². The highest BCUT2D eigenvalue weighted by atomic mass is 16.6. The third kappa shape index (κ3) is 4.93. The third-order valence-corrected chi connectivity index (χ3v) is 2.86. The van der Waals surface area contributed by atoms with Crippen LogP contribution in [0.2, 0.25) is 0 Å². The second-order valence-corrected chi connectivity index (χ2v) is 5.08. The number of unbranched alkanes of at least 4 members (excludes halogenated alkanes) is 1. The maximum atomic E-state index is 11.8. The Bertz CT molecular complexity index is 410. The number of aryl methyl sites for hydroxylation is 1. The summed E-state index contributed by atoms with van der Waals surface area (Å²) >= 11 is 0. The molecular weight excluding hydrogens is 240 g/mol. The van der Waals surface area contributed by atoms with Crippen molar-refractivity contribution in [2.45, 2.75) is 52.6 Å². The summed E-state index contributed by atoms with van der Waals surface area (Å²) in [4.78, 5) is 11.8. The minimum Gasteiger partial charge on any atom is -0.476 e. The summed E-state index contributed by atoms with van der Waals surface area (Å²) in [5.41, 5.74) is 0.276. The molecule has 0 saturated carbocycles. The summed E-state index contributed by atoms with van der Waals surface area (Å²) in [6.07, 6.45) is 3.36. The molecule has 0 unspecified atom stereocenters. The maximum Gasteiger partial charge on any atom is 0.349 e. The number of carbonyl (C=O) groups is 1. The largest absolute Gasteiger partial charge is 0.476 e. The van der Waals surface area contributed by atoms with Crippen molar-refractivity contribution in [2.75, 3.05) is 6.61 Å². The summed E-state index contributed by atoms with van der Waals surface area (Å²) in [6.45, 7) is 7.78. The predicted molar refractivity (Wildman–Crippen MR) is 76.4 cm³/mol. The van der Waals surface area contributed by atoms with E-state index in [9.17, 15) is 4.79 Å². The van der Waals surface area contributed by atoms with Crippen LogP contribution in [-0.4, -0.2) is 18.2 Å². The van der Waals surface area contributed by atoms with Crippen LogP contribution in [0.4, 0.5) is 0 Å². The molecule has 19 heavy (non-hydrogen) atoms. The second-order valence-electron chi connectivity index (χ2n) is 5.08. The van der Waals surface area contributed by atoms with Crippen LogP contribution in [0.3, 0.4) is 0 Å². The number of hydrogen-bond acceptors (Lipinski definition) is 3. The number of ether oxygens (including phenoxy) is 2. The van der Waals surface area contributed by atoms with E-state index in [1.54, 1.807) is 20.8 Å². The first-order valence-corrected chi connectivity index (χ1v) is 6.94. The molecule has 0 fully saturated rings. The molecule has 0 amide bonds. The fourth-order valence-electron chi connectivity index (χ4n) is 1.79. The summed E-state index contributed by atoms with van der Waals surface area (Å²) in [7, 11) is 0. The fraction of sp³-hybridized carbons (Fsp3) is 0.562. The van der Waals surface area contributed by atoms with Crippen molar-refractivity contribution in [3.05, 3.63) is 29.8 Å². The van der Waals surface area contributed by atoms with Crippen molar-refractivity contribution in [3.63, 3.8) is 0 Å². The van der Waals surface area contributed by atoms with Gasteiger partial charge in [0.05, 0.1) is 6.61 Å². The lowest BCUT2D eigenvalue weighted by atomic mass is 10.1. The van der Waals surface area contributed by atoms with Crippen molar-refractivity contribution >= 4 is 5.97 Å². The van der Waals surface area contributed by atoms with Crippen LogP contribution in [0.25, 0.3) is 0 Å². The van der Waals surface area contributed by atoms with E-state index in [1.807, 2.05) is 18.2 Å². The number of benzene rings is 1. The second kappa shape index (κ2) is 7.17. The van der Waals surface area contributed by atoms with Crippen LogP contribution in [-0.2, 0) is 16.0 Å². The molecule has 0 radical (unpaired) electrons. The molecule has 0 heterocycles. The monoisotopic (exact) mass is 264 g/mol. The first-order chi connectivity index (χ1) is 8.99. The highest BCUT2D eigenvalue weighted by Crippen LogP contribution is 2.21. The summed E-state index contributed by atoms with van der Waals surface area (Å²) in [6, 6.07) is 7.91. The van der Waals surface area contributed by atoms with Gasteiger partial charge < -0.3 is 9.47 Å². The Morgan fingerprint density at radius 3 is 2.63 bits per heavy atom. The molecule has 0 aliphatic heterocycles. The van der Waals surface area contributed by atoms with Gasteiger partial charge in [-0.3, -0.25) is 0 Å². The third-order valence-electron chi connectivity index (χ3n) is 2.86. The topological polar surface area (TPSA) is 35.5 Å². The summed E-state index contributed by atoms with van der Waals surface area (Å²) < 4.78 is 10.8. The van der Waals surface area contributed by atoms with Crippen molar-refractivity contribution < 1.29 is 14.3 Å². The molecule has 0 aromatic heterocycles. The molecule has 0 spiro atoms. The van der Waals surface area contributed by atoms with Gasteiger partial charge in [-0.1, -0.05) is 25.5 Å². The van der Waals surface area contributed by atoms with Crippen molar-refractivity contribution in [1.82, 2.24) is 0 Å². The van der Waals surface area contributed by atoms with E-state index >= 15 is 0 Å². The summed E-state index contributed by atoms with van der Waals surface area (Å²) in [5.74, 6) is 0.376. The molecular formula is C16H24O3. The van der Waals surface area contributed by atoms with E-state index in [4.69, 9.17) is 9.47 Å². The molecule has 0 atom stereocenters. The van der Waals surface area contributed by atoms with Crippen LogP contribution in [0, 0.1) is 0 Å². The van der Waals surface area contributed by atoms with Crippen molar-refractivity contribution in [3.8, 4) is 5.75 Å². The van der Waals surface area contributed by atoms with Gasteiger partial charge in [-0.05, 0) is 51.3 Å².